The molecule has 5 heteroatoms. The SMILES string of the molecule is CC(C)CSCc1nc(Cl)c(I)c(C2CCCC2)n1. The summed E-state index contributed by atoms with van der Waals surface area (Å²) in [6.07, 6.45) is 5.14. The zero-order valence-corrected chi connectivity index (χ0v) is 15.2. The fourth-order valence-electron chi connectivity index (χ4n) is 2.40. The van der Waals surface area contributed by atoms with Crippen LogP contribution in [0.1, 0.15) is 57.0 Å². The van der Waals surface area contributed by atoms with E-state index in [1.54, 1.807) is 0 Å². The maximum absolute atomic E-state index is 6.27. The molecule has 0 N–H and O–H groups in total. The molecule has 0 aromatic carbocycles. The van der Waals surface area contributed by atoms with Crippen LogP contribution in [-0.2, 0) is 5.75 Å². The lowest BCUT2D eigenvalue weighted by atomic mass is 10.0. The summed E-state index contributed by atoms with van der Waals surface area (Å²) in [5, 5.41) is 0.637. The highest BCUT2D eigenvalue weighted by Gasteiger charge is 2.23. The van der Waals surface area contributed by atoms with Gasteiger partial charge in [0.1, 0.15) is 11.0 Å². The van der Waals surface area contributed by atoms with Crippen LogP contribution in [0.4, 0.5) is 0 Å². The molecule has 2 nitrogen and oxygen atoms in total. The van der Waals surface area contributed by atoms with E-state index in [0.717, 1.165) is 20.9 Å². The Balaban J connectivity index is 2.11. The van der Waals surface area contributed by atoms with Crippen molar-refractivity contribution in [2.45, 2.75) is 51.2 Å². The van der Waals surface area contributed by atoms with Crippen molar-refractivity contribution in [2.24, 2.45) is 5.92 Å². The van der Waals surface area contributed by atoms with E-state index in [1.807, 2.05) is 11.8 Å². The fourth-order valence-corrected chi connectivity index (χ4v) is 4.18. The van der Waals surface area contributed by atoms with Gasteiger partial charge in [-0.3, -0.25) is 0 Å². The molecule has 0 radical (unpaired) electrons. The number of aromatic nitrogens is 2. The van der Waals surface area contributed by atoms with E-state index in [4.69, 9.17) is 16.6 Å². The molecule has 0 spiro atoms. The molecule has 1 aromatic rings. The molecule has 1 heterocycles. The van der Waals surface area contributed by atoms with Gasteiger partial charge >= 0.3 is 0 Å². The third-order valence-corrected chi connectivity index (χ3v) is 6.33. The van der Waals surface area contributed by atoms with Gasteiger partial charge in [-0.05, 0) is 47.1 Å². The topological polar surface area (TPSA) is 25.8 Å². The smallest absolute Gasteiger partial charge is 0.146 e. The Hall–Kier alpha value is 0.450. The number of hydrogen-bond donors (Lipinski definition) is 0. The van der Waals surface area contributed by atoms with Crippen molar-refractivity contribution < 1.29 is 0 Å². The first-order valence-electron chi connectivity index (χ1n) is 6.87. The Morgan fingerprint density at radius 3 is 2.63 bits per heavy atom. The van der Waals surface area contributed by atoms with E-state index in [2.05, 4.69) is 41.4 Å². The Bertz CT molecular complexity index is 434. The molecule has 1 aliphatic carbocycles. The summed E-state index contributed by atoms with van der Waals surface area (Å²) >= 11 is 10.5. The van der Waals surface area contributed by atoms with E-state index in [-0.39, 0.29) is 0 Å². The molecular weight excluding hydrogens is 391 g/mol. The highest BCUT2D eigenvalue weighted by Crippen LogP contribution is 2.37. The highest BCUT2D eigenvalue weighted by molar-refractivity contribution is 14.1. The molecule has 0 amide bonds. The van der Waals surface area contributed by atoms with E-state index in [0.29, 0.717) is 17.0 Å². The second kappa shape index (κ2) is 7.46. The van der Waals surface area contributed by atoms with Crippen LogP contribution in [0.5, 0.6) is 0 Å². The van der Waals surface area contributed by atoms with E-state index >= 15 is 0 Å². The standard InChI is InChI=1S/C14H20ClIN2S/c1-9(2)7-19-8-11-17-13(10-5-3-4-6-10)12(16)14(15)18-11/h9-10H,3-8H2,1-2H3. The van der Waals surface area contributed by atoms with Crippen molar-refractivity contribution in [3.8, 4) is 0 Å². The van der Waals surface area contributed by atoms with Crippen LogP contribution in [-0.4, -0.2) is 15.7 Å². The highest BCUT2D eigenvalue weighted by atomic mass is 127. The summed E-state index contributed by atoms with van der Waals surface area (Å²) in [7, 11) is 0. The van der Waals surface area contributed by atoms with Gasteiger partial charge in [0, 0.05) is 5.92 Å². The van der Waals surface area contributed by atoms with Crippen molar-refractivity contribution in [2.75, 3.05) is 5.75 Å². The van der Waals surface area contributed by atoms with Crippen molar-refractivity contribution in [1.29, 1.82) is 0 Å². The molecule has 1 saturated carbocycles. The van der Waals surface area contributed by atoms with Crippen LogP contribution >= 0.6 is 46.0 Å². The average molecular weight is 411 g/mol. The molecule has 19 heavy (non-hydrogen) atoms. The first-order valence-corrected chi connectivity index (χ1v) is 9.48. The van der Waals surface area contributed by atoms with Gasteiger partial charge in [0.2, 0.25) is 0 Å². The van der Waals surface area contributed by atoms with Gasteiger partial charge in [0.15, 0.2) is 0 Å². The van der Waals surface area contributed by atoms with Crippen LogP contribution in [0.3, 0.4) is 0 Å². The van der Waals surface area contributed by atoms with Gasteiger partial charge < -0.3 is 0 Å². The fraction of sp³-hybridized carbons (Fsp3) is 0.714. The maximum atomic E-state index is 6.27. The molecule has 0 saturated heterocycles. The van der Waals surface area contributed by atoms with Gasteiger partial charge in [-0.15, -0.1) is 0 Å². The molecule has 1 aromatic heterocycles. The number of halogens is 2. The molecule has 0 bridgehead atoms. The lowest BCUT2D eigenvalue weighted by Crippen LogP contribution is -2.06. The molecule has 106 valence electrons. The lowest BCUT2D eigenvalue weighted by Gasteiger charge is -2.13. The summed E-state index contributed by atoms with van der Waals surface area (Å²) in [4.78, 5) is 9.22. The van der Waals surface area contributed by atoms with Gasteiger partial charge in [0.25, 0.3) is 0 Å². The van der Waals surface area contributed by atoms with Crippen LogP contribution < -0.4 is 0 Å². The molecule has 2 rings (SSSR count). The Morgan fingerprint density at radius 1 is 1.32 bits per heavy atom. The molecule has 0 atom stereocenters. The first kappa shape index (κ1) is 15.8. The number of nitrogens with zero attached hydrogens (tertiary/aromatic N) is 2. The Morgan fingerprint density at radius 2 is 2.00 bits per heavy atom. The maximum Gasteiger partial charge on any atom is 0.146 e. The zero-order chi connectivity index (χ0) is 13.8. The second-order valence-electron chi connectivity index (χ2n) is 5.52. The summed E-state index contributed by atoms with van der Waals surface area (Å²) in [5.74, 6) is 4.22. The minimum absolute atomic E-state index is 0.598. The van der Waals surface area contributed by atoms with Crippen molar-refractivity contribution >= 4 is 46.0 Å². The first-order chi connectivity index (χ1) is 9.08. The number of thioether (sulfide) groups is 1. The Labute approximate surface area is 138 Å². The second-order valence-corrected chi connectivity index (χ2v) is 7.99. The molecular formula is C14H20ClIN2S. The van der Waals surface area contributed by atoms with Crippen LogP contribution in [0, 0.1) is 9.49 Å². The summed E-state index contributed by atoms with van der Waals surface area (Å²) < 4.78 is 1.06. The number of hydrogen-bond acceptors (Lipinski definition) is 3. The van der Waals surface area contributed by atoms with Gasteiger partial charge in [0.05, 0.1) is 15.0 Å². The third kappa shape index (κ3) is 4.46. The van der Waals surface area contributed by atoms with E-state index in [1.165, 1.54) is 31.4 Å². The van der Waals surface area contributed by atoms with Crippen molar-refractivity contribution in [1.82, 2.24) is 9.97 Å². The van der Waals surface area contributed by atoms with E-state index in [9.17, 15) is 0 Å². The average Bonchev–Trinajstić information content (AvgIpc) is 2.86. The predicted octanol–water partition coefficient (Wildman–Crippen LogP) is 5.28. The minimum Gasteiger partial charge on any atom is -0.236 e. The van der Waals surface area contributed by atoms with Gasteiger partial charge in [-0.1, -0.05) is 38.3 Å². The van der Waals surface area contributed by atoms with Crippen LogP contribution in [0.2, 0.25) is 5.15 Å². The van der Waals surface area contributed by atoms with Gasteiger partial charge in [-0.25, -0.2) is 9.97 Å². The summed E-state index contributed by atoms with van der Waals surface area (Å²) in [6, 6.07) is 0. The molecule has 1 fully saturated rings. The summed E-state index contributed by atoms with van der Waals surface area (Å²) in [5.41, 5.74) is 1.19. The lowest BCUT2D eigenvalue weighted by molar-refractivity contribution is 0.682. The van der Waals surface area contributed by atoms with Crippen LogP contribution in [0.25, 0.3) is 0 Å². The molecule has 0 unspecified atom stereocenters. The molecule has 0 aliphatic heterocycles. The van der Waals surface area contributed by atoms with E-state index < -0.39 is 0 Å². The number of rotatable bonds is 5. The molecule has 1 aliphatic rings. The third-order valence-electron chi connectivity index (χ3n) is 3.31. The Kier molecular flexibility index (Phi) is 6.21. The quantitative estimate of drug-likeness (QED) is 0.488. The monoisotopic (exact) mass is 410 g/mol. The van der Waals surface area contributed by atoms with Crippen LogP contribution in [0.15, 0.2) is 0 Å². The van der Waals surface area contributed by atoms with Gasteiger partial charge in [-0.2, -0.15) is 11.8 Å². The van der Waals surface area contributed by atoms with Crippen molar-refractivity contribution in [3.63, 3.8) is 0 Å². The minimum atomic E-state index is 0.598. The predicted molar refractivity (Wildman–Crippen MR) is 92.0 cm³/mol. The normalized spacial score (nSPS) is 16.5. The largest absolute Gasteiger partial charge is 0.236 e. The zero-order valence-electron chi connectivity index (χ0n) is 11.5. The summed E-state index contributed by atoms with van der Waals surface area (Å²) in [6.45, 7) is 4.47. The van der Waals surface area contributed by atoms with Crippen molar-refractivity contribution in [3.05, 3.63) is 20.2 Å².